The van der Waals surface area contributed by atoms with Gasteiger partial charge in [-0.25, -0.2) is 0 Å². The molecule has 1 amide bonds. The maximum Gasteiger partial charge on any atom is 0.220 e. The molecule has 1 aromatic rings. The summed E-state index contributed by atoms with van der Waals surface area (Å²) in [4.78, 5) is 11.7. The first-order valence-corrected chi connectivity index (χ1v) is 6.91. The molecule has 0 saturated carbocycles. The van der Waals surface area contributed by atoms with Crippen molar-refractivity contribution in [2.75, 3.05) is 20.2 Å². The van der Waals surface area contributed by atoms with E-state index < -0.39 is 0 Å². The van der Waals surface area contributed by atoms with E-state index in [-0.39, 0.29) is 5.91 Å². The third kappa shape index (κ3) is 4.56. The number of hydrogen-bond donors (Lipinski definition) is 2. The molecule has 4 heteroatoms. The van der Waals surface area contributed by atoms with Gasteiger partial charge in [-0.15, -0.1) is 0 Å². The molecule has 2 N–H and O–H groups in total. The summed E-state index contributed by atoms with van der Waals surface area (Å²) in [6.45, 7) is 1.92. The average Bonchev–Trinajstić information content (AvgIpc) is 2.92. The van der Waals surface area contributed by atoms with Gasteiger partial charge < -0.3 is 15.4 Å². The summed E-state index contributed by atoms with van der Waals surface area (Å²) in [5, 5.41) is 6.31. The van der Waals surface area contributed by atoms with E-state index in [9.17, 15) is 4.79 Å². The van der Waals surface area contributed by atoms with Crippen LogP contribution < -0.4 is 15.4 Å². The highest BCUT2D eigenvalue weighted by atomic mass is 16.5. The van der Waals surface area contributed by atoms with Crippen LogP contribution in [0.5, 0.6) is 5.75 Å². The summed E-state index contributed by atoms with van der Waals surface area (Å²) in [6, 6.07) is 8.35. The summed E-state index contributed by atoms with van der Waals surface area (Å²) in [5.74, 6) is 1.04. The van der Waals surface area contributed by atoms with Gasteiger partial charge in [-0.2, -0.15) is 0 Å². The molecule has 0 aliphatic carbocycles. The Labute approximate surface area is 114 Å². The van der Waals surface area contributed by atoms with Gasteiger partial charge in [0.05, 0.1) is 7.11 Å². The number of aryl methyl sites for hydroxylation is 1. The zero-order valence-corrected chi connectivity index (χ0v) is 11.4. The highest BCUT2D eigenvalue weighted by Gasteiger charge is 2.15. The third-order valence-electron chi connectivity index (χ3n) is 3.45. The van der Waals surface area contributed by atoms with Gasteiger partial charge >= 0.3 is 0 Å². The lowest BCUT2D eigenvalue weighted by atomic mass is 10.1. The summed E-state index contributed by atoms with van der Waals surface area (Å²) >= 11 is 0. The Kier molecular flexibility index (Phi) is 5.21. The Morgan fingerprint density at radius 1 is 1.42 bits per heavy atom. The monoisotopic (exact) mass is 262 g/mol. The number of methoxy groups -OCH3 is 1. The molecule has 4 nitrogen and oxygen atoms in total. The molecular weight excluding hydrogens is 240 g/mol. The van der Waals surface area contributed by atoms with Crippen molar-refractivity contribution in [2.45, 2.75) is 31.7 Å². The lowest BCUT2D eigenvalue weighted by Crippen LogP contribution is -2.36. The zero-order valence-electron chi connectivity index (χ0n) is 11.4. The molecule has 1 unspecified atom stereocenters. The summed E-state index contributed by atoms with van der Waals surface area (Å²) in [7, 11) is 1.66. The van der Waals surface area contributed by atoms with Crippen molar-refractivity contribution in [3.8, 4) is 5.75 Å². The van der Waals surface area contributed by atoms with Crippen molar-refractivity contribution in [3.63, 3.8) is 0 Å². The lowest BCUT2D eigenvalue weighted by molar-refractivity contribution is -0.121. The number of benzene rings is 1. The van der Waals surface area contributed by atoms with E-state index in [1.54, 1.807) is 7.11 Å². The smallest absolute Gasteiger partial charge is 0.220 e. The first kappa shape index (κ1) is 13.9. The minimum absolute atomic E-state index is 0.169. The number of carbonyl (C=O) groups is 1. The van der Waals surface area contributed by atoms with Gasteiger partial charge in [-0.1, -0.05) is 12.1 Å². The maximum absolute atomic E-state index is 11.7. The third-order valence-corrected chi connectivity index (χ3v) is 3.45. The number of amides is 1. The molecule has 19 heavy (non-hydrogen) atoms. The second-order valence-corrected chi connectivity index (χ2v) is 4.96. The Morgan fingerprint density at radius 2 is 2.21 bits per heavy atom. The number of carbonyl (C=O) groups excluding carboxylic acids is 1. The fourth-order valence-corrected chi connectivity index (χ4v) is 2.32. The Hall–Kier alpha value is -1.55. The standard InChI is InChI=1S/C15H22N2O2/c1-19-14-7-5-12(6-8-14)3-2-4-15(18)17-13-9-10-16-11-13/h5-8,13,16H,2-4,9-11H2,1H3,(H,17,18). The zero-order chi connectivity index (χ0) is 13.5. The highest BCUT2D eigenvalue weighted by Crippen LogP contribution is 2.13. The van der Waals surface area contributed by atoms with Crippen molar-refractivity contribution in [1.29, 1.82) is 0 Å². The highest BCUT2D eigenvalue weighted by molar-refractivity contribution is 5.76. The molecule has 1 saturated heterocycles. The lowest BCUT2D eigenvalue weighted by Gasteiger charge is -2.11. The molecule has 1 atom stereocenters. The molecule has 1 heterocycles. The molecule has 1 aliphatic rings. The predicted octanol–water partition coefficient (Wildman–Crippen LogP) is 1.50. The first-order chi connectivity index (χ1) is 9.28. The van der Waals surface area contributed by atoms with Crippen molar-refractivity contribution in [3.05, 3.63) is 29.8 Å². The molecule has 104 valence electrons. The van der Waals surface area contributed by atoms with Crippen molar-refractivity contribution in [1.82, 2.24) is 10.6 Å². The van der Waals surface area contributed by atoms with E-state index in [1.807, 2.05) is 12.1 Å². The van der Waals surface area contributed by atoms with E-state index in [4.69, 9.17) is 4.74 Å². The van der Waals surface area contributed by atoms with E-state index in [2.05, 4.69) is 22.8 Å². The van der Waals surface area contributed by atoms with Crippen LogP contribution in [0.4, 0.5) is 0 Å². The minimum atomic E-state index is 0.169. The van der Waals surface area contributed by atoms with Crippen molar-refractivity contribution >= 4 is 5.91 Å². The van der Waals surface area contributed by atoms with Gasteiger partial charge in [0.2, 0.25) is 5.91 Å². The van der Waals surface area contributed by atoms with Crippen LogP contribution in [0.25, 0.3) is 0 Å². The molecule has 1 aliphatic heterocycles. The molecule has 2 rings (SSSR count). The van der Waals surface area contributed by atoms with Crippen LogP contribution in [0.1, 0.15) is 24.8 Å². The summed E-state index contributed by atoms with van der Waals surface area (Å²) < 4.78 is 5.12. The van der Waals surface area contributed by atoms with Crippen LogP contribution in [0.2, 0.25) is 0 Å². The fourth-order valence-electron chi connectivity index (χ4n) is 2.32. The number of rotatable bonds is 6. The summed E-state index contributed by atoms with van der Waals surface area (Å²) in [6.07, 6.45) is 3.46. The van der Waals surface area contributed by atoms with Crippen LogP contribution >= 0.6 is 0 Å². The van der Waals surface area contributed by atoms with Gasteiger partial charge in [-0.05, 0) is 43.5 Å². The van der Waals surface area contributed by atoms with E-state index in [0.29, 0.717) is 12.5 Å². The number of hydrogen-bond acceptors (Lipinski definition) is 3. The first-order valence-electron chi connectivity index (χ1n) is 6.91. The van der Waals surface area contributed by atoms with Crippen LogP contribution in [0.3, 0.4) is 0 Å². The SMILES string of the molecule is COc1ccc(CCCC(=O)NC2CCNC2)cc1. The molecule has 1 aromatic carbocycles. The number of nitrogens with one attached hydrogen (secondary N) is 2. The van der Waals surface area contributed by atoms with Crippen LogP contribution in [-0.4, -0.2) is 32.1 Å². The molecule has 0 spiro atoms. The van der Waals surface area contributed by atoms with Gasteiger partial charge in [0, 0.05) is 19.0 Å². The Balaban J connectivity index is 1.65. The molecule has 1 fully saturated rings. The average molecular weight is 262 g/mol. The van der Waals surface area contributed by atoms with Crippen molar-refractivity contribution < 1.29 is 9.53 Å². The summed E-state index contributed by atoms with van der Waals surface area (Å²) in [5.41, 5.74) is 1.25. The van der Waals surface area contributed by atoms with Crippen LogP contribution in [0, 0.1) is 0 Å². The van der Waals surface area contributed by atoms with E-state index in [1.165, 1.54) is 5.56 Å². The minimum Gasteiger partial charge on any atom is -0.497 e. The van der Waals surface area contributed by atoms with Crippen LogP contribution in [0.15, 0.2) is 24.3 Å². The largest absolute Gasteiger partial charge is 0.497 e. The maximum atomic E-state index is 11.7. The molecular formula is C15H22N2O2. The quantitative estimate of drug-likeness (QED) is 0.817. The molecule has 0 aromatic heterocycles. The van der Waals surface area contributed by atoms with Gasteiger partial charge in [0.15, 0.2) is 0 Å². The topological polar surface area (TPSA) is 50.4 Å². The normalized spacial score (nSPS) is 18.3. The molecule has 0 radical (unpaired) electrons. The van der Waals surface area contributed by atoms with Gasteiger partial charge in [0.1, 0.15) is 5.75 Å². The number of ether oxygens (including phenoxy) is 1. The Bertz CT molecular complexity index is 397. The van der Waals surface area contributed by atoms with E-state index in [0.717, 1.165) is 38.1 Å². The second-order valence-electron chi connectivity index (χ2n) is 4.96. The Morgan fingerprint density at radius 3 is 2.84 bits per heavy atom. The van der Waals surface area contributed by atoms with Crippen molar-refractivity contribution in [2.24, 2.45) is 0 Å². The molecule has 0 bridgehead atoms. The van der Waals surface area contributed by atoms with Crippen LogP contribution in [-0.2, 0) is 11.2 Å². The predicted molar refractivity (Wildman–Crippen MR) is 75.3 cm³/mol. The second kappa shape index (κ2) is 7.14. The van der Waals surface area contributed by atoms with Gasteiger partial charge in [0.25, 0.3) is 0 Å². The van der Waals surface area contributed by atoms with E-state index >= 15 is 0 Å². The van der Waals surface area contributed by atoms with Gasteiger partial charge in [-0.3, -0.25) is 4.79 Å². The fraction of sp³-hybridized carbons (Fsp3) is 0.533.